The minimum atomic E-state index is -1.05. The van der Waals surface area contributed by atoms with Gasteiger partial charge in [0.15, 0.2) is 5.11 Å². The van der Waals surface area contributed by atoms with Gasteiger partial charge in [-0.15, -0.1) is 0 Å². The van der Waals surface area contributed by atoms with Crippen molar-refractivity contribution in [2.45, 2.75) is 32.7 Å². The number of carbonyl (C=O) groups is 1. The van der Waals surface area contributed by atoms with Crippen LogP contribution in [0, 0.1) is 13.8 Å². The van der Waals surface area contributed by atoms with Crippen LogP contribution in [0.25, 0.3) is 0 Å². The third-order valence-electron chi connectivity index (χ3n) is 3.50. The summed E-state index contributed by atoms with van der Waals surface area (Å²) in [6.45, 7) is 4.66. The molecule has 0 spiro atoms. The number of carboxylic acids is 1. The lowest BCUT2D eigenvalue weighted by atomic mass is 10.1. The number of nitrogens with one attached hydrogen (secondary N) is 1. The van der Waals surface area contributed by atoms with Gasteiger partial charge < -0.3 is 20.1 Å². The Morgan fingerprint density at radius 3 is 2.63 bits per heavy atom. The molecule has 1 heterocycles. The molecule has 1 aromatic rings. The Kier molecular flexibility index (Phi) is 4.04. The van der Waals surface area contributed by atoms with E-state index < -0.39 is 12.0 Å². The largest absolute Gasteiger partial charge is 0.548 e. The van der Waals surface area contributed by atoms with Crippen LogP contribution in [0.5, 0.6) is 0 Å². The molecule has 5 heteroatoms. The zero-order chi connectivity index (χ0) is 14.0. The summed E-state index contributed by atoms with van der Waals surface area (Å²) >= 11 is 5.34. The van der Waals surface area contributed by atoms with Crippen molar-refractivity contribution < 1.29 is 9.90 Å². The van der Waals surface area contributed by atoms with Crippen molar-refractivity contribution in [1.82, 2.24) is 4.90 Å². The zero-order valence-electron chi connectivity index (χ0n) is 11.1. The fourth-order valence-electron chi connectivity index (χ4n) is 2.45. The molecule has 1 unspecified atom stereocenters. The summed E-state index contributed by atoms with van der Waals surface area (Å²) in [5.41, 5.74) is 3.13. The number of likely N-dealkylation sites (tertiary alicyclic amines) is 1. The van der Waals surface area contributed by atoms with E-state index in [9.17, 15) is 9.90 Å². The number of benzene rings is 1. The van der Waals surface area contributed by atoms with E-state index >= 15 is 0 Å². The number of carbonyl (C=O) groups excluding carboxylic acids is 1. The van der Waals surface area contributed by atoms with Gasteiger partial charge in [0.2, 0.25) is 0 Å². The first-order valence-corrected chi connectivity index (χ1v) is 6.76. The summed E-state index contributed by atoms with van der Waals surface area (Å²) in [4.78, 5) is 12.8. The molecule has 0 saturated carbocycles. The van der Waals surface area contributed by atoms with Crippen molar-refractivity contribution >= 4 is 29.0 Å². The summed E-state index contributed by atoms with van der Waals surface area (Å²) in [5, 5.41) is 14.7. The Hall–Kier alpha value is -1.62. The second kappa shape index (κ2) is 5.57. The van der Waals surface area contributed by atoms with Crippen LogP contribution in [-0.2, 0) is 4.79 Å². The molecular weight excluding hydrogens is 260 g/mol. The number of aliphatic carboxylic acids is 1. The Bertz CT molecular complexity index is 496. The number of carboxylic acid groups (broad SMARTS) is 1. The van der Waals surface area contributed by atoms with Crippen molar-refractivity contribution in [2.75, 3.05) is 11.9 Å². The molecule has 1 atom stereocenters. The smallest absolute Gasteiger partial charge is 0.173 e. The van der Waals surface area contributed by atoms with Gasteiger partial charge in [-0.1, -0.05) is 18.2 Å². The average Bonchev–Trinajstić information content (AvgIpc) is 2.83. The molecule has 0 amide bonds. The molecule has 0 radical (unpaired) electrons. The topological polar surface area (TPSA) is 55.4 Å². The molecule has 0 aromatic heterocycles. The average molecular weight is 277 g/mol. The summed E-state index contributed by atoms with van der Waals surface area (Å²) in [7, 11) is 0. The predicted octanol–water partition coefficient (Wildman–Crippen LogP) is 1.21. The Balaban J connectivity index is 2.15. The molecule has 2 rings (SSSR count). The lowest BCUT2D eigenvalue weighted by Crippen LogP contribution is -2.48. The highest BCUT2D eigenvalue weighted by Crippen LogP contribution is 2.23. The molecule has 1 aliphatic rings. The lowest BCUT2D eigenvalue weighted by molar-refractivity contribution is -0.309. The summed E-state index contributed by atoms with van der Waals surface area (Å²) in [6.07, 6.45) is 1.42. The molecule has 102 valence electrons. The standard InChI is InChI=1S/C14H18N2O2S/c1-9-5-3-6-10(2)12(9)15-14(19)16-8-4-7-11(16)13(17)18/h3,5-6,11H,4,7-8H2,1-2H3,(H,15,19)(H,17,18)/p-1. The van der Waals surface area contributed by atoms with E-state index in [1.165, 1.54) is 0 Å². The van der Waals surface area contributed by atoms with Gasteiger partial charge in [0, 0.05) is 12.2 Å². The molecule has 1 fully saturated rings. The molecule has 4 nitrogen and oxygen atoms in total. The molecule has 1 aliphatic heterocycles. The fourth-order valence-corrected chi connectivity index (χ4v) is 2.77. The van der Waals surface area contributed by atoms with E-state index in [4.69, 9.17) is 12.2 Å². The maximum absolute atomic E-state index is 11.1. The summed E-state index contributed by atoms with van der Waals surface area (Å²) < 4.78 is 0. The second-order valence-electron chi connectivity index (χ2n) is 4.87. The second-order valence-corrected chi connectivity index (χ2v) is 5.25. The van der Waals surface area contributed by atoms with Crippen LogP contribution in [0.1, 0.15) is 24.0 Å². The molecule has 0 bridgehead atoms. The number of thiocarbonyl (C=S) groups is 1. The maximum Gasteiger partial charge on any atom is 0.173 e. The Morgan fingerprint density at radius 1 is 1.42 bits per heavy atom. The van der Waals surface area contributed by atoms with Gasteiger partial charge in [-0.25, -0.2) is 0 Å². The van der Waals surface area contributed by atoms with E-state index in [2.05, 4.69) is 5.32 Å². The number of aryl methyl sites for hydroxylation is 2. The maximum atomic E-state index is 11.1. The number of rotatable bonds is 2. The molecular formula is C14H17N2O2S-. The highest BCUT2D eigenvalue weighted by molar-refractivity contribution is 7.80. The highest BCUT2D eigenvalue weighted by atomic mass is 32.1. The van der Waals surface area contributed by atoms with Crippen LogP contribution >= 0.6 is 12.2 Å². The third-order valence-corrected chi connectivity index (χ3v) is 3.84. The number of anilines is 1. The highest BCUT2D eigenvalue weighted by Gasteiger charge is 2.27. The van der Waals surface area contributed by atoms with Crippen LogP contribution in [0.2, 0.25) is 0 Å². The van der Waals surface area contributed by atoms with E-state index in [-0.39, 0.29) is 0 Å². The van der Waals surface area contributed by atoms with Crippen molar-refractivity contribution in [3.8, 4) is 0 Å². The van der Waals surface area contributed by atoms with E-state index in [1.807, 2.05) is 32.0 Å². The molecule has 1 aromatic carbocycles. The fraction of sp³-hybridized carbons (Fsp3) is 0.429. The third kappa shape index (κ3) is 2.87. The molecule has 0 aliphatic carbocycles. The van der Waals surface area contributed by atoms with Gasteiger partial charge in [-0.2, -0.15) is 0 Å². The van der Waals surface area contributed by atoms with Crippen LogP contribution < -0.4 is 10.4 Å². The van der Waals surface area contributed by atoms with Crippen molar-refractivity contribution in [3.63, 3.8) is 0 Å². The van der Waals surface area contributed by atoms with Crippen molar-refractivity contribution in [1.29, 1.82) is 0 Å². The van der Waals surface area contributed by atoms with Crippen LogP contribution in [0.3, 0.4) is 0 Å². The minimum Gasteiger partial charge on any atom is -0.548 e. The predicted molar refractivity (Wildman–Crippen MR) is 76.9 cm³/mol. The first kappa shape index (κ1) is 13.8. The Morgan fingerprint density at radius 2 is 2.05 bits per heavy atom. The minimum absolute atomic E-state index is 0.462. The quantitative estimate of drug-likeness (QED) is 0.824. The van der Waals surface area contributed by atoms with Gasteiger partial charge in [-0.3, -0.25) is 0 Å². The van der Waals surface area contributed by atoms with Crippen LogP contribution in [0.15, 0.2) is 18.2 Å². The number of nitrogens with zero attached hydrogens (tertiary/aromatic N) is 1. The monoisotopic (exact) mass is 277 g/mol. The normalized spacial score (nSPS) is 18.4. The van der Waals surface area contributed by atoms with E-state index in [0.29, 0.717) is 18.1 Å². The first-order valence-electron chi connectivity index (χ1n) is 6.35. The van der Waals surface area contributed by atoms with E-state index in [1.54, 1.807) is 4.90 Å². The molecule has 1 saturated heterocycles. The van der Waals surface area contributed by atoms with Gasteiger partial charge in [0.25, 0.3) is 0 Å². The van der Waals surface area contributed by atoms with Crippen molar-refractivity contribution in [3.05, 3.63) is 29.3 Å². The molecule has 19 heavy (non-hydrogen) atoms. The summed E-state index contributed by atoms with van der Waals surface area (Å²) in [5.74, 6) is -1.05. The van der Waals surface area contributed by atoms with Crippen molar-refractivity contribution in [2.24, 2.45) is 0 Å². The van der Waals surface area contributed by atoms with Gasteiger partial charge >= 0.3 is 0 Å². The number of para-hydroxylation sites is 1. The first-order chi connectivity index (χ1) is 9.00. The lowest BCUT2D eigenvalue weighted by Gasteiger charge is -2.28. The Labute approximate surface area is 118 Å². The van der Waals surface area contributed by atoms with E-state index in [0.717, 1.165) is 23.2 Å². The van der Waals surface area contributed by atoms with Crippen LogP contribution in [-0.4, -0.2) is 28.6 Å². The zero-order valence-corrected chi connectivity index (χ0v) is 11.9. The van der Waals surface area contributed by atoms with Gasteiger partial charge in [0.05, 0.1) is 12.0 Å². The van der Waals surface area contributed by atoms with Crippen LogP contribution in [0.4, 0.5) is 5.69 Å². The molecule has 1 N–H and O–H groups in total. The number of hydrogen-bond donors (Lipinski definition) is 1. The van der Waals surface area contributed by atoms with Gasteiger partial charge in [0.1, 0.15) is 0 Å². The SMILES string of the molecule is Cc1cccc(C)c1NC(=S)N1CCCC1C(=O)[O-]. The summed E-state index contributed by atoms with van der Waals surface area (Å²) in [6, 6.07) is 5.37. The van der Waals surface area contributed by atoms with Gasteiger partial charge in [-0.05, 0) is 50.0 Å². The number of hydrogen-bond acceptors (Lipinski definition) is 3.